The first-order chi connectivity index (χ1) is 11.2. The molecular formula is C18H37IN4O. The summed E-state index contributed by atoms with van der Waals surface area (Å²) in [5.74, 6) is 2.48. The lowest BCUT2D eigenvalue weighted by atomic mass is 9.92. The van der Waals surface area contributed by atoms with Gasteiger partial charge in [0.15, 0.2) is 5.96 Å². The minimum Gasteiger partial charge on any atom is -0.379 e. The molecule has 2 N–H and O–H groups in total. The number of morpholine rings is 1. The van der Waals surface area contributed by atoms with Crippen LogP contribution in [-0.2, 0) is 4.74 Å². The largest absolute Gasteiger partial charge is 0.379 e. The predicted octanol–water partition coefficient (Wildman–Crippen LogP) is 2.70. The van der Waals surface area contributed by atoms with Crippen LogP contribution in [0.2, 0.25) is 0 Å². The van der Waals surface area contributed by atoms with Crippen molar-refractivity contribution in [2.45, 2.75) is 59.0 Å². The molecule has 142 valence electrons. The third-order valence-corrected chi connectivity index (χ3v) is 5.32. The van der Waals surface area contributed by atoms with Gasteiger partial charge in [0.05, 0.1) is 19.8 Å². The van der Waals surface area contributed by atoms with Gasteiger partial charge in [-0.05, 0) is 25.2 Å². The third kappa shape index (κ3) is 6.67. The van der Waals surface area contributed by atoms with E-state index in [4.69, 9.17) is 9.73 Å². The molecule has 1 saturated heterocycles. The molecule has 3 atom stereocenters. The molecule has 0 spiro atoms. The SMILES string of the molecule is CCNC(=NCC(C(CC)CC)N1CCOCC1)NC1CC1C.I. The molecule has 0 aromatic carbocycles. The molecule has 0 bridgehead atoms. The molecular weight excluding hydrogens is 415 g/mol. The highest BCUT2D eigenvalue weighted by Gasteiger charge is 2.33. The van der Waals surface area contributed by atoms with Gasteiger partial charge in [-0.25, -0.2) is 0 Å². The van der Waals surface area contributed by atoms with Crippen LogP contribution < -0.4 is 10.6 Å². The lowest BCUT2D eigenvalue weighted by Crippen LogP contribution is -2.49. The molecule has 1 heterocycles. The Labute approximate surface area is 165 Å². The second-order valence-corrected chi connectivity index (χ2v) is 6.98. The van der Waals surface area contributed by atoms with E-state index in [2.05, 4.69) is 43.2 Å². The fourth-order valence-corrected chi connectivity index (χ4v) is 3.51. The highest BCUT2D eigenvalue weighted by molar-refractivity contribution is 14.0. The van der Waals surface area contributed by atoms with Crippen LogP contribution in [0.5, 0.6) is 0 Å². The molecule has 0 aromatic heterocycles. The van der Waals surface area contributed by atoms with Crippen molar-refractivity contribution in [2.75, 3.05) is 39.4 Å². The zero-order valence-electron chi connectivity index (χ0n) is 15.9. The van der Waals surface area contributed by atoms with Gasteiger partial charge < -0.3 is 15.4 Å². The van der Waals surface area contributed by atoms with E-state index in [1.165, 1.54) is 19.3 Å². The molecule has 6 heteroatoms. The lowest BCUT2D eigenvalue weighted by Gasteiger charge is -2.38. The zero-order chi connectivity index (χ0) is 16.7. The van der Waals surface area contributed by atoms with Gasteiger partial charge >= 0.3 is 0 Å². The quantitative estimate of drug-likeness (QED) is 0.338. The van der Waals surface area contributed by atoms with Gasteiger partial charge in [-0.1, -0.05) is 33.6 Å². The molecule has 2 aliphatic rings. The van der Waals surface area contributed by atoms with Crippen molar-refractivity contribution in [2.24, 2.45) is 16.8 Å². The minimum absolute atomic E-state index is 0. The molecule has 0 aromatic rings. The molecule has 1 aliphatic carbocycles. The monoisotopic (exact) mass is 452 g/mol. The lowest BCUT2D eigenvalue weighted by molar-refractivity contribution is 0.00395. The maximum atomic E-state index is 5.53. The van der Waals surface area contributed by atoms with Gasteiger partial charge in [-0.2, -0.15) is 0 Å². The molecule has 5 nitrogen and oxygen atoms in total. The molecule has 2 rings (SSSR count). The molecule has 2 fully saturated rings. The molecule has 3 unspecified atom stereocenters. The first-order valence-electron chi connectivity index (χ1n) is 9.56. The average molecular weight is 452 g/mol. The van der Waals surface area contributed by atoms with E-state index in [-0.39, 0.29) is 24.0 Å². The van der Waals surface area contributed by atoms with Crippen molar-refractivity contribution in [3.8, 4) is 0 Å². The van der Waals surface area contributed by atoms with Crippen molar-refractivity contribution in [1.29, 1.82) is 0 Å². The number of nitrogens with zero attached hydrogens (tertiary/aromatic N) is 2. The standard InChI is InChI=1S/C18H36N4O.HI/c1-5-15(6-2)17(22-8-10-23-11-9-22)13-20-18(19-7-3)21-16-12-14(16)4;/h14-17H,5-13H2,1-4H3,(H2,19,20,21);1H. The molecule has 0 amide bonds. The van der Waals surface area contributed by atoms with Crippen LogP contribution in [0.15, 0.2) is 4.99 Å². The van der Waals surface area contributed by atoms with Crippen LogP contribution in [0.4, 0.5) is 0 Å². The Morgan fingerprint density at radius 3 is 2.33 bits per heavy atom. The van der Waals surface area contributed by atoms with Crippen molar-refractivity contribution in [1.82, 2.24) is 15.5 Å². The second kappa shape index (κ2) is 11.5. The molecule has 1 aliphatic heterocycles. The maximum absolute atomic E-state index is 5.53. The van der Waals surface area contributed by atoms with E-state index >= 15 is 0 Å². The summed E-state index contributed by atoms with van der Waals surface area (Å²) >= 11 is 0. The zero-order valence-corrected chi connectivity index (χ0v) is 18.2. The van der Waals surface area contributed by atoms with E-state index in [1.54, 1.807) is 0 Å². The Bertz CT molecular complexity index is 370. The predicted molar refractivity (Wildman–Crippen MR) is 112 cm³/mol. The number of nitrogens with one attached hydrogen (secondary N) is 2. The summed E-state index contributed by atoms with van der Waals surface area (Å²) in [6, 6.07) is 1.14. The summed E-state index contributed by atoms with van der Waals surface area (Å²) in [4.78, 5) is 7.52. The van der Waals surface area contributed by atoms with Crippen molar-refractivity contribution in [3.05, 3.63) is 0 Å². The van der Waals surface area contributed by atoms with Gasteiger partial charge in [-0.15, -0.1) is 24.0 Å². The van der Waals surface area contributed by atoms with Gasteiger partial charge in [0.2, 0.25) is 0 Å². The van der Waals surface area contributed by atoms with E-state index in [0.717, 1.165) is 51.3 Å². The number of aliphatic imine (C=N–C) groups is 1. The maximum Gasteiger partial charge on any atom is 0.191 e. The van der Waals surface area contributed by atoms with E-state index in [9.17, 15) is 0 Å². The van der Waals surface area contributed by atoms with Crippen LogP contribution >= 0.6 is 24.0 Å². The molecule has 24 heavy (non-hydrogen) atoms. The number of rotatable bonds is 8. The summed E-state index contributed by atoms with van der Waals surface area (Å²) in [7, 11) is 0. The smallest absolute Gasteiger partial charge is 0.191 e. The highest BCUT2D eigenvalue weighted by Crippen LogP contribution is 2.28. The van der Waals surface area contributed by atoms with Crippen molar-refractivity contribution >= 4 is 29.9 Å². The summed E-state index contributed by atoms with van der Waals surface area (Å²) in [6.45, 7) is 14.6. The van der Waals surface area contributed by atoms with Crippen LogP contribution in [0.3, 0.4) is 0 Å². The number of guanidine groups is 1. The highest BCUT2D eigenvalue weighted by atomic mass is 127. The number of halogens is 1. The first-order valence-corrected chi connectivity index (χ1v) is 9.56. The first kappa shape index (κ1) is 22.0. The number of hydrogen-bond acceptors (Lipinski definition) is 3. The van der Waals surface area contributed by atoms with E-state index in [0.29, 0.717) is 18.0 Å². The van der Waals surface area contributed by atoms with Gasteiger partial charge in [0.25, 0.3) is 0 Å². The number of hydrogen-bond donors (Lipinski definition) is 2. The van der Waals surface area contributed by atoms with Crippen molar-refractivity contribution < 1.29 is 4.74 Å². The third-order valence-electron chi connectivity index (χ3n) is 5.32. The van der Waals surface area contributed by atoms with E-state index in [1.807, 2.05) is 0 Å². The van der Waals surface area contributed by atoms with Crippen molar-refractivity contribution in [3.63, 3.8) is 0 Å². The minimum atomic E-state index is 0. The van der Waals surface area contributed by atoms with Crippen LogP contribution in [0, 0.1) is 11.8 Å². The second-order valence-electron chi connectivity index (χ2n) is 6.98. The Balaban J connectivity index is 0.00000288. The average Bonchev–Trinajstić information content (AvgIpc) is 3.27. The Hall–Kier alpha value is -0.0800. The Morgan fingerprint density at radius 1 is 1.21 bits per heavy atom. The van der Waals surface area contributed by atoms with Gasteiger partial charge in [-0.3, -0.25) is 9.89 Å². The summed E-state index contributed by atoms with van der Waals surface area (Å²) < 4.78 is 5.53. The fourth-order valence-electron chi connectivity index (χ4n) is 3.51. The Morgan fingerprint density at radius 2 is 1.83 bits per heavy atom. The normalized spacial score (nSPS) is 26.0. The van der Waals surface area contributed by atoms with E-state index < -0.39 is 0 Å². The topological polar surface area (TPSA) is 48.9 Å². The van der Waals surface area contributed by atoms with Crippen LogP contribution in [0.1, 0.15) is 47.0 Å². The Kier molecular flexibility index (Phi) is 10.5. The summed E-state index contributed by atoms with van der Waals surface area (Å²) in [6.07, 6.45) is 3.71. The van der Waals surface area contributed by atoms with Gasteiger partial charge in [0.1, 0.15) is 0 Å². The summed E-state index contributed by atoms with van der Waals surface area (Å²) in [5, 5.41) is 6.97. The summed E-state index contributed by atoms with van der Waals surface area (Å²) in [5.41, 5.74) is 0. The van der Waals surface area contributed by atoms with Crippen LogP contribution in [0.25, 0.3) is 0 Å². The van der Waals surface area contributed by atoms with Crippen LogP contribution in [-0.4, -0.2) is 62.3 Å². The number of ether oxygens (including phenoxy) is 1. The molecule has 0 radical (unpaired) electrons. The molecule has 1 saturated carbocycles. The van der Waals surface area contributed by atoms with Gasteiger partial charge in [0, 0.05) is 31.7 Å². The fraction of sp³-hybridized carbons (Fsp3) is 0.944.